The van der Waals surface area contributed by atoms with E-state index in [2.05, 4.69) is 10.2 Å². The normalized spacial score (nSPS) is 13.9. The Kier molecular flexibility index (Phi) is 4.37. The monoisotopic (exact) mass is 311 g/mol. The van der Waals surface area contributed by atoms with Gasteiger partial charge in [-0.3, -0.25) is 4.79 Å². The second-order valence-corrected chi connectivity index (χ2v) is 5.63. The lowest BCUT2D eigenvalue weighted by Crippen LogP contribution is -2.21. The molecule has 5 nitrogen and oxygen atoms in total. The highest BCUT2D eigenvalue weighted by Gasteiger charge is 2.19. The smallest absolute Gasteiger partial charge is 0.259 e. The Morgan fingerprint density at radius 2 is 1.91 bits per heavy atom. The minimum Gasteiger partial charge on any atom is -0.496 e. The van der Waals surface area contributed by atoms with Crippen molar-refractivity contribution >= 4 is 23.0 Å². The number of ether oxygens (including phenoxy) is 1. The number of benzene rings is 2. The fraction of sp³-hybridized carbons (Fsp3) is 0.278. The average molecular weight is 311 g/mol. The number of nitrogens with two attached hydrogens (primary N) is 1. The highest BCUT2D eigenvalue weighted by molar-refractivity contribution is 6.08. The summed E-state index contributed by atoms with van der Waals surface area (Å²) in [5.41, 5.74) is 8.79. The Hall–Kier alpha value is -2.69. The van der Waals surface area contributed by atoms with Gasteiger partial charge in [0.05, 0.1) is 24.0 Å². The molecule has 1 heterocycles. The summed E-state index contributed by atoms with van der Waals surface area (Å²) in [5.74, 6) is 0.352. The molecule has 0 bridgehead atoms. The minimum atomic E-state index is -0.200. The summed E-state index contributed by atoms with van der Waals surface area (Å²) in [6, 6.07) is 12.8. The lowest BCUT2D eigenvalue weighted by Gasteiger charge is -2.22. The maximum atomic E-state index is 12.6. The third-order valence-electron chi connectivity index (χ3n) is 4.07. The summed E-state index contributed by atoms with van der Waals surface area (Å²) in [6.07, 6.45) is 2.34. The average Bonchev–Trinajstić information content (AvgIpc) is 3.09. The molecule has 0 radical (unpaired) electrons. The number of para-hydroxylation sites is 1. The number of carbonyl (C=O) groups is 1. The Balaban J connectivity index is 1.89. The Bertz CT molecular complexity index is 709. The second kappa shape index (κ2) is 6.60. The van der Waals surface area contributed by atoms with Crippen LogP contribution in [-0.2, 0) is 0 Å². The molecule has 5 heteroatoms. The van der Waals surface area contributed by atoms with Gasteiger partial charge in [-0.1, -0.05) is 12.1 Å². The molecule has 1 saturated heterocycles. The zero-order valence-electron chi connectivity index (χ0n) is 13.2. The van der Waals surface area contributed by atoms with Crippen LogP contribution in [-0.4, -0.2) is 26.1 Å². The SMILES string of the molecule is COc1ccccc1C(=O)Nc1cc(N)ccc1N1CCCC1. The lowest BCUT2D eigenvalue weighted by atomic mass is 10.1. The number of carbonyl (C=O) groups excluding carboxylic acids is 1. The molecule has 1 aliphatic rings. The van der Waals surface area contributed by atoms with Crippen molar-refractivity contribution in [2.75, 3.05) is 36.1 Å². The number of nitrogens with one attached hydrogen (secondary N) is 1. The zero-order chi connectivity index (χ0) is 16.2. The van der Waals surface area contributed by atoms with Crippen molar-refractivity contribution in [3.05, 3.63) is 48.0 Å². The maximum Gasteiger partial charge on any atom is 0.259 e. The van der Waals surface area contributed by atoms with Gasteiger partial charge >= 0.3 is 0 Å². The number of hydrogen-bond donors (Lipinski definition) is 2. The molecular weight excluding hydrogens is 290 g/mol. The molecule has 120 valence electrons. The van der Waals surface area contributed by atoms with Gasteiger partial charge in [0.15, 0.2) is 0 Å². The van der Waals surface area contributed by atoms with E-state index in [4.69, 9.17) is 10.5 Å². The summed E-state index contributed by atoms with van der Waals surface area (Å²) in [4.78, 5) is 14.9. The maximum absolute atomic E-state index is 12.6. The Labute approximate surface area is 136 Å². The van der Waals surface area contributed by atoms with Crippen LogP contribution in [0.15, 0.2) is 42.5 Å². The van der Waals surface area contributed by atoms with E-state index in [0.717, 1.165) is 24.5 Å². The van der Waals surface area contributed by atoms with Crippen molar-refractivity contribution in [2.45, 2.75) is 12.8 Å². The fourth-order valence-corrected chi connectivity index (χ4v) is 2.91. The van der Waals surface area contributed by atoms with E-state index in [1.807, 2.05) is 24.3 Å². The number of nitrogen functional groups attached to an aromatic ring is 1. The van der Waals surface area contributed by atoms with E-state index in [9.17, 15) is 4.79 Å². The molecule has 0 saturated carbocycles. The number of methoxy groups -OCH3 is 1. The predicted octanol–water partition coefficient (Wildman–Crippen LogP) is 3.13. The first kappa shape index (κ1) is 15.2. The van der Waals surface area contributed by atoms with Crippen LogP contribution in [0.25, 0.3) is 0 Å². The van der Waals surface area contributed by atoms with Crippen LogP contribution < -0.4 is 20.7 Å². The number of hydrogen-bond acceptors (Lipinski definition) is 4. The summed E-state index contributed by atoms with van der Waals surface area (Å²) in [7, 11) is 1.56. The van der Waals surface area contributed by atoms with Crippen molar-refractivity contribution in [1.29, 1.82) is 0 Å². The second-order valence-electron chi connectivity index (χ2n) is 5.63. The molecule has 2 aromatic rings. The van der Waals surface area contributed by atoms with Gasteiger partial charge in [-0.15, -0.1) is 0 Å². The van der Waals surface area contributed by atoms with Gasteiger partial charge < -0.3 is 20.7 Å². The van der Waals surface area contributed by atoms with E-state index < -0.39 is 0 Å². The van der Waals surface area contributed by atoms with Gasteiger partial charge in [0.25, 0.3) is 5.91 Å². The number of amides is 1. The molecule has 3 N–H and O–H groups in total. The van der Waals surface area contributed by atoms with Crippen molar-refractivity contribution in [3.63, 3.8) is 0 Å². The molecule has 0 spiro atoms. The molecule has 2 aromatic carbocycles. The van der Waals surface area contributed by atoms with Crippen molar-refractivity contribution in [3.8, 4) is 5.75 Å². The largest absolute Gasteiger partial charge is 0.496 e. The predicted molar refractivity (Wildman–Crippen MR) is 93.2 cm³/mol. The quantitative estimate of drug-likeness (QED) is 0.851. The van der Waals surface area contributed by atoms with Crippen LogP contribution in [0.5, 0.6) is 5.75 Å². The van der Waals surface area contributed by atoms with Crippen LogP contribution in [0.1, 0.15) is 23.2 Å². The van der Waals surface area contributed by atoms with E-state index in [1.54, 1.807) is 25.3 Å². The number of rotatable bonds is 4. The van der Waals surface area contributed by atoms with Crippen LogP contribution in [0.2, 0.25) is 0 Å². The summed E-state index contributed by atoms with van der Waals surface area (Å²) in [6.45, 7) is 2.00. The minimum absolute atomic E-state index is 0.200. The topological polar surface area (TPSA) is 67.6 Å². The number of nitrogens with zero attached hydrogens (tertiary/aromatic N) is 1. The Morgan fingerprint density at radius 3 is 2.65 bits per heavy atom. The third kappa shape index (κ3) is 3.23. The Morgan fingerprint density at radius 1 is 1.17 bits per heavy atom. The van der Waals surface area contributed by atoms with Crippen LogP contribution >= 0.6 is 0 Å². The molecule has 0 aromatic heterocycles. The van der Waals surface area contributed by atoms with Gasteiger partial charge in [-0.05, 0) is 43.2 Å². The summed E-state index contributed by atoms with van der Waals surface area (Å²) < 4.78 is 5.26. The lowest BCUT2D eigenvalue weighted by molar-refractivity contribution is 0.102. The fourth-order valence-electron chi connectivity index (χ4n) is 2.91. The van der Waals surface area contributed by atoms with Gasteiger partial charge in [-0.2, -0.15) is 0 Å². The molecule has 0 atom stereocenters. The van der Waals surface area contributed by atoms with E-state index in [-0.39, 0.29) is 5.91 Å². The molecule has 3 rings (SSSR count). The molecule has 1 fully saturated rings. The first-order chi connectivity index (χ1) is 11.2. The highest BCUT2D eigenvalue weighted by atomic mass is 16.5. The van der Waals surface area contributed by atoms with Gasteiger partial charge in [0, 0.05) is 18.8 Å². The molecule has 0 aliphatic carbocycles. The molecule has 0 unspecified atom stereocenters. The van der Waals surface area contributed by atoms with Gasteiger partial charge in [0.1, 0.15) is 5.75 Å². The van der Waals surface area contributed by atoms with Crippen molar-refractivity contribution in [1.82, 2.24) is 0 Å². The van der Waals surface area contributed by atoms with E-state index >= 15 is 0 Å². The van der Waals surface area contributed by atoms with E-state index in [1.165, 1.54) is 12.8 Å². The molecule has 1 aliphatic heterocycles. The molecule has 23 heavy (non-hydrogen) atoms. The third-order valence-corrected chi connectivity index (χ3v) is 4.07. The molecule has 1 amide bonds. The summed E-state index contributed by atoms with van der Waals surface area (Å²) in [5, 5.41) is 2.98. The van der Waals surface area contributed by atoms with Crippen molar-refractivity contribution in [2.24, 2.45) is 0 Å². The van der Waals surface area contributed by atoms with Crippen LogP contribution in [0, 0.1) is 0 Å². The standard InChI is InChI=1S/C18H21N3O2/c1-23-17-7-3-2-6-14(17)18(22)20-15-12-13(19)8-9-16(15)21-10-4-5-11-21/h2-3,6-9,12H,4-5,10-11,19H2,1H3,(H,20,22). The van der Waals surface area contributed by atoms with Crippen molar-refractivity contribution < 1.29 is 9.53 Å². The van der Waals surface area contributed by atoms with Crippen LogP contribution in [0.4, 0.5) is 17.1 Å². The van der Waals surface area contributed by atoms with Gasteiger partial charge in [-0.25, -0.2) is 0 Å². The first-order valence-corrected chi connectivity index (χ1v) is 7.78. The number of anilines is 3. The highest BCUT2D eigenvalue weighted by Crippen LogP contribution is 2.31. The van der Waals surface area contributed by atoms with Crippen LogP contribution in [0.3, 0.4) is 0 Å². The summed E-state index contributed by atoms with van der Waals surface area (Å²) >= 11 is 0. The molecular formula is C18H21N3O2. The van der Waals surface area contributed by atoms with Gasteiger partial charge in [0.2, 0.25) is 0 Å². The first-order valence-electron chi connectivity index (χ1n) is 7.78. The van der Waals surface area contributed by atoms with E-state index in [0.29, 0.717) is 17.0 Å². The zero-order valence-corrected chi connectivity index (χ0v) is 13.2.